The first kappa shape index (κ1) is 14.3. The van der Waals surface area contributed by atoms with Crippen LogP contribution >= 0.6 is 12.6 Å². The van der Waals surface area contributed by atoms with Crippen LogP contribution in [0.25, 0.3) is 0 Å². The summed E-state index contributed by atoms with van der Waals surface area (Å²) >= 11 is 4.05. The Balaban J connectivity index is 1.90. The van der Waals surface area contributed by atoms with Gasteiger partial charge in [0.2, 0.25) is 0 Å². The quantitative estimate of drug-likeness (QED) is 0.488. The summed E-state index contributed by atoms with van der Waals surface area (Å²) in [6.07, 6.45) is 0. The highest BCUT2D eigenvalue weighted by Crippen LogP contribution is 2.11. The second kappa shape index (κ2) is 7.45. The maximum atomic E-state index is 11.7. The van der Waals surface area contributed by atoms with Gasteiger partial charge in [0.25, 0.3) is 5.91 Å². The van der Waals surface area contributed by atoms with Crippen molar-refractivity contribution < 1.29 is 4.79 Å². The average molecular weight is 287 g/mol. The van der Waals surface area contributed by atoms with Gasteiger partial charge < -0.3 is 16.2 Å². The average Bonchev–Trinajstić information content (AvgIpc) is 2.52. The lowest BCUT2D eigenvalue weighted by molar-refractivity contribution is 0.0956. The van der Waals surface area contributed by atoms with Crippen molar-refractivity contribution in [1.82, 2.24) is 5.32 Å². The largest absolute Gasteiger partial charge is 0.351 e. The van der Waals surface area contributed by atoms with Crippen molar-refractivity contribution in [3.63, 3.8) is 0 Å². The minimum atomic E-state index is -0.0818. The molecule has 2 aromatic rings. The van der Waals surface area contributed by atoms with Crippen molar-refractivity contribution in [2.24, 2.45) is 0 Å². The van der Waals surface area contributed by atoms with Crippen molar-refractivity contribution in [3.05, 3.63) is 60.2 Å². The third-order valence-corrected chi connectivity index (χ3v) is 2.89. The van der Waals surface area contributed by atoms with Crippen molar-refractivity contribution in [2.75, 3.05) is 23.1 Å². The molecule has 20 heavy (non-hydrogen) atoms. The van der Waals surface area contributed by atoms with Gasteiger partial charge in [-0.15, -0.1) is 0 Å². The molecule has 0 atom stereocenters. The van der Waals surface area contributed by atoms with E-state index in [4.69, 9.17) is 0 Å². The minimum Gasteiger partial charge on any atom is -0.351 e. The van der Waals surface area contributed by atoms with E-state index in [2.05, 4.69) is 28.8 Å². The number of hydrazine groups is 1. The number of benzene rings is 2. The van der Waals surface area contributed by atoms with Crippen LogP contribution in [0.4, 0.5) is 11.4 Å². The Morgan fingerprint density at radius 3 is 2.10 bits per heavy atom. The molecular weight excluding hydrogens is 270 g/mol. The normalized spacial score (nSPS) is 9.85. The molecule has 4 nitrogen and oxygen atoms in total. The molecule has 0 bridgehead atoms. The van der Waals surface area contributed by atoms with Crippen molar-refractivity contribution in [1.29, 1.82) is 0 Å². The van der Waals surface area contributed by atoms with Gasteiger partial charge in [-0.3, -0.25) is 4.79 Å². The number of carbonyl (C=O) groups excluding carboxylic acids is 1. The summed E-state index contributed by atoms with van der Waals surface area (Å²) in [6, 6.07) is 17.1. The van der Waals surface area contributed by atoms with Gasteiger partial charge in [0.05, 0.1) is 11.4 Å². The number of hydrogen-bond donors (Lipinski definition) is 4. The summed E-state index contributed by atoms with van der Waals surface area (Å²) < 4.78 is 0. The van der Waals surface area contributed by atoms with E-state index in [-0.39, 0.29) is 5.91 Å². The first-order valence-corrected chi connectivity index (χ1v) is 6.99. The lowest BCUT2D eigenvalue weighted by Gasteiger charge is -2.10. The lowest BCUT2D eigenvalue weighted by Crippen LogP contribution is -2.25. The third-order valence-electron chi connectivity index (χ3n) is 2.67. The molecule has 0 saturated heterocycles. The van der Waals surface area contributed by atoms with E-state index in [9.17, 15) is 4.79 Å². The molecule has 104 valence electrons. The predicted molar refractivity (Wildman–Crippen MR) is 86.3 cm³/mol. The number of thiol groups is 1. The van der Waals surface area contributed by atoms with Crippen LogP contribution in [-0.4, -0.2) is 18.2 Å². The standard InChI is InChI=1S/C15H17N3OS/c19-15(16-10-11-20)12-6-8-14(9-7-12)18-17-13-4-2-1-3-5-13/h1-9,17-18,20H,10-11H2,(H,16,19). The second-order valence-electron chi connectivity index (χ2n) is 4.17. The van der Waals surface area contributed by atoms with E-state index >= 15 is 0 Å². The fraction of sp³-hybridized carbons (Fsp3) is 0.133. The molecular formula is C15H17N3OS. The fourth-order valence-electron chi connectivity index (χ4n) is 1.64. The maximum Gasteiger partial charge on any atom is 0.251 e. The topological polar surface area (TPSA) is 53.2 Å². The van der Waals surface area contributed by atoms with Gasteiger partial charge in [0.1, 0.15) is 0 Å². The van der Waals surface area contributed by atoms with Gasteiger partial charge in [0, 0.05) is 17.9 Å². The molecule has 0 unspecified atom stereocenters. The highest BCUT2D eigenvalue weighted by molar-refractivity contribution is 7.80. The third kappa shape index (κ3) is 4.20. The second-order valence-corrected chi connectivity index (χ2v) is 4.62. The predicted octanol–water partition coefficient (Wildman–Crippen LogP) is 2.79. The molecule has 3 N–H and O–H groups in total. The van der Waals surface area contributed by atoms with E-state index in [1.807, 2.05) is 42.5 Å². The van der Waals surface area contributed by atoms with E-state index in [0.717, 1.165) is 11.4 Å². The molecule has 0 saturated carbocycles. The van der Waals surface area contributed by atoms with Gasteiger partial charge >= 0.3 is 0 Å². The fourth-order valence-corrected chi connectivity index (χ4v) is 1.75. The summed E-state index contributed by atoms with van der Waals surface area (Å²) in [5, 5.41) is 2.77. The van der Waals surface area contributed by atoms with Gasteiger partial charge in [-0.2, -0.15) is 12.6 Å². The number of carbonyl (C=O) groups is 1. The zero-order valence-corrected chi connectivity index (χ0v) is 11.9. The number of amides is 1. The Labute approximate surface area is 124 Å². The first-order chi connectivity index (χ1) is 9.79. The van der Waals surface area contributed by atoms with Crippen LogP contribution in [0.2, 0.25) is 0 Å². The van der Waals surface area contributed by atoms with Crippen molar-refractivity contribution >= 4 is 29.9 Å². The van der Waals surface area contributed by atoms with Crippen LogP contribution in [0, 0.1) is 0 Å². The van der Waals surface area contributed by atoms with Crippen LogP contribution in [0.5, 0.6) is 0 Å². The Morgan fingerprint density at radius 1 is 0.900 bits per heavy atom. The molecule has 1 amide bonds. The zero-order valence-electron chi connectivity index (χ0n) is 11.0. The molecule has 0 aromatic heterocycles. The van der Waals surface area contributed by atoms with Crippen molar-refractivity contribution in [3.8, 4) is 0 Å². The van der Waals surface area contributed by atoms with E-state index in [0.29, 0.717) is 17.9 Å². The van der Waals surface area contributed by atoms with E-state index < -0.39 is 0 Å². The highest BCUT2D eigenvalue weighted by atomic mass is 32.1. The van der Waals surface area contributed by atoms with E-state index in [1.54, 1.807) is 12.1 Å². The molecule has 2 aromatic carbocycles. The minimum absolute atomic E-state index is 0.0818. The molecule has 2 rings (SSSR count). The number of para-hydroxylation sites is 1. The van der Waals surface area contributed by atoms with Crippen molar-refractivity contribution in [2.45, 2.75) is 0 Å². The first-order valence-electron chi connectivity index (χ1n) is 6.36. The molecule has 5 heteroatoms. The number of nitrogens with one attached hydrogen (secondary N) is 3. The molecule has 0 aliphatic carbocycles. The summed E-state index contributed by atoms with van der Waals surface area (Å²) in [4.78, 5) is 11.7. The van der Waals surface area contributed by atoms with Crippen LogP contribution in [0.15, 0.2) is 54.6 Å². The van der Waals surface area contributed by atoms with Gasteiger partial charge in [-0.05, 0) is 36.4 Å². The Bertz CT molecular complexity index is 543. The van der Waals surface area contributed by atoms with Gasteiger partial charge in [-0.25, -0.2) is 0 Å². The van der Waals surface area contributed by atoms with Crippen LogP contribution in [0.1, 0.15) is 10.4 Å². The van der Waals surface area contributed by atoms with Gasteiger partial charge in [0.15, 0.2) is 0 Å². The van der Waals surface area contributed by atoms with Gasteiger partial charge in [-0.1, -0.05) is 18.2 Å². The summed E-state index contributed by atoms with van der Waals surface area (Å²) in [5.74, 6) is 0.549. The number of anilines is 2. The summed E-state index contributed by atoms with van der Waals surface area (Å²) in [7, 11) is 0. The molecule has 0 radical (unpaired) electrons. The van der Waals surface area contributed by atoms with Crippen LogP contribution in [-0.2, 0) is 0 Å². The van der Waals surface area contributed by atoms with E-state index in [1.165, 1.54) is 0 Å². The Kier molecular flexibility index (Phi) is 5.32. The number of rotatable bonds is 6. The highest BCUT2D eigenvalue weighted by Gasteiger charge is 2.03. The molecule has 0 aliphatic heterocycles. The Hall–Kier alpha value is -2.14. The molecule has 0 heterocycles. The summed E-state index contributed by atoms with van der Waals surface area (Å²) in [6.45, 7) is 0.567. The molecule has 0 spiro atoms. The van der Waals surface area contributed by atoms with Crippen LogP contribution < -0.4 is 16.2 Å². The SMILES string of the molecule is O=C(NCCS)c1ccc(NNc2ccccc2)cc1. The lowest BCUT2D eigenvalue weighted by atomic mass is 10.2. The molecule has 0 aliphatic rings. The number of hydrogen-bond acceptors (Lipinski definition) is 4. The Morgan fingerprint density at radius 2 is 1.50 bits per heavy atom. The molecule has 0 fully saturated rings. The smallest absolute Gasteiger partial charge is 0.251 e. The summed E-state index contributed by atoms with van der Waals surface area (Å²) in [5.41, 5.74) is 8.66. The van der Waals surface area contributed by atoms with Crippen LogP contribution in [0.3, 0.4) is 0 Å². The monoisotopic (exact) mass is 287 g/mol. The maximum absolute atomic E-state index is 11.7. The zero-order chi connectivity index (χ0) is 14.2.